The van der Waals surface area contributed by atoms with Crippen LogP contribution in [-0.4, -0.2) is 52.5 Å². The lowest BCUT2D eigenvalue weighted by atomic mass is 10.1. The SMILES string of the molecule is Cc1ncoc1C(=O)N1CCNCC1C(=O)O. The zero-order chi connectivity index (χ0) is 12.4. The highest BCUT2D eigenvalue weighted by Crippen LogP contribution is 2.13. The summed E-state index contributed by atoms with van der Waals surface area (Å²) in [6.45, 7) is 2.81. The van der Waals surface area contributed by atoms with E-state index in [0.29, 0.717) is 18.8 Å². The van der Waals surface area contributed by atoms with Gasteiger partial charge < -0.3 is 19.7 Å². The third kappa shape index (κ3) is 2.14. The van der Waals surface area contributed by atoms with Crippen LogP contribution in [0.15, 0.2) is 10.8 Å². The molecule has 1 fully saturated rings. The molecule has 1 atom stereocenters. The maximum Gasteiger partial charge on any atom is 0.327 e. The summed E-state index contributed by atoms with van der Waals surface area (Å²) in [6, 6.07) is -0.860. The van der Waals surface area contributed by atoms with Crippen molar-refractivity contribution in [1.82, 2.24) is 15.2 Å². The second-order valence-corrected chi connectivity index (χ2v) is 3.82. The van der Waals surface area contributed by atoms with Gasteiger partial charge in [0, 0.05) is 19.6 Å². The lowest BCUT2D eigenvalue weighted by molar-refractivity contribution is -0.142. The minimum atomic E-state index is -1.03. The van der Waals surface area contributed by atoms with Crippen molar-refractivity contribution in [3.8, 4) is 0 Å². The number of piperazine rings is 1. The summed E-state index contributed by atoms with van der Waals surface area (Å²) in [5.41, 5.74) is 0.470. The molecular formula is C10H13N3O4. The Morgan fingerprint density at radius 1 is 1.65 bits per heavy atom. The maximum atomic E-state index is 12.1. The van der Waals surface area contributed by atoms with Crippen molar-refractivity contribution in [3.63, 3.8) is 0 Å². The second-order valence-electron chi connectivity index (χ2n) is 3.82. The molecule has 0 bridgehead atoms. The third-order valence-corrected chi connectivity index (χ3v) is 2.73. The van der Waals surface area contributed by atoms with Gasteiger partial charge in [0.15, 0.2) is 6.39 Å². The van der Waals surface area contributed by atoms with Gasteiger partial charge in [-0.25, -0.2) is 9.78 Å². The van der Waals surface area contributed by atoms with Gasteiger partial charge in [0.25, 0.3) is 5.91 Å². The van der Waals surface area contributed by atoms with E-state index in [1.807, 2.05) is 0 Å². The number of hydrogen-bond acceptors (Lipinski definition) is 5. The van der Waals surface area contributed by atoms with Crippen molar-refractivity contribution in [2.45, 2.75) is 13.0 Å². The Hall–Kier alpha value is -1.89. The molecular weight excluding hydrogens is 226 g/mol. The Kier molecular flexibility index (Phi) is 3.10. The zero-order valence-electron chi connectivity index (χ0n) is 9.34. The summed E-state index contributed by atoms with van der Waals surface area (Å²) >= 11 is 0. The quantitative estimate of drug-likeness (QED) is 0.721. The van der Waals surface area contributed by atoms with Crippen LogP contribution in [0.25, 0.3) is 0 Å². The number of hydrogen-bond donors (Lipinski definition) is 2. The fourth-order valence-corrected chi connectivity index (χ4v) is 1.81. The second kappa shape index (κ2) is 4.54. The number of aliphatic carboxylic acids is 1. The lowest BCUT2D eigenvalue weighted by Crippen LogP contribution is -2.57. The molecule has 1 aromatic rings. The van der Waals surface area contributed by atoms with Crippen LogP contribution >= 0.6 is 0 Å². The van der Waals surface area contributed by atoms with Crippen molar-refractivity contribution in [2.75, 3.05) is 19.6 Å². The zero-order valence-corrected chi connectivity index (χ0v) is 9.34. The Morgan fingerprint density at radius 2 is 2.41 bits per heavy atom. The molecule has 2 N–H and O–H groups in total. The normalized spacial score (nSPS) is 20.3. The number of carbonyl (C=O) groups is 2. The van der Waals surface area contributed by atoms with E-state index in [1.54, 1.807) is 6.92 Å². The van der Waals surface area contributed by atoms with Crippen molar-refractivity contribution >= 4 is 11.9 Å². The smallest absolute Gasteiger partial charge is 0.327 e. The van der Waals surface area contributed by atoms with E-state index >= 15 is 0 Å². The molecule has 1 aliphatic rings. The first-order valence-corrected chi connectivity index (χ1v) is 5.26. The predicted molar refractivity (Wildman–Crippen MR) is 56.6 cm³/mol. The highest BCUT2D eigenvalue weighted by atomic mass is 16.4. The number of amides is 1. The van der Waals surface area contributed by atoms with Gasteiger partial charge >= 0.3 is 5.97 Å². The standard InChI is InChI=1S/C10H13N3O4/c1-6-8(17-5-12-6)9(14)13-3-2-11-4-7(13)10(15)16/h5,7,11H,2-4H2,1H3,(H,15,16). The van der Waals surface area contributed by atoms with Gasteiger partial charge in [-0.05, 0) is 6.92 Å². The number of nitrogens with zero attached hydrogens (tertiary/aromatic N) is 2. The highest BCUT2D eigenvalue weighted by Gasteiger charge is 2.34. The molecule has 1 saturated heterocycles. The van der Waals surface area contributed by atoms with Crippen LogP contribution in [0.4, 0.5) is 0 Å². The Morgan fingerprint density at radius 3 is 3.00 bits per heavy atom. The number of nitrogens with one attached hydrogen (secondary N) is 1. The number of aromatic nitrogens is 1. The molecule has 1 amide bonds. The fraction of sp³-hybridized carbons (Fsp3) is 0.500. The summed E-state index contributed by atoms with van der Waals surface area (Å²) in [6.07, 6.45) is 1.18. The van der Waals surface area contributed by atoms with Gasteiger partial charge in [0.05, 0.1) is 5.69 Å². The minimum absolute atomic E-state index is 0.109. The molecule has 2 rings (SSSR count). The number of aryl methyl sites for hydroxylation is 1. The van der Waals surface area contributed by atoms with E-state index < -0.39 is 17.9 Å². The first-order valence-electron chi connectivity index (χ1n) is 5.26. The summed E-state index contributed by atoms with van der Waals surface area (Å²) < 4.78 is 4.99. The predicted octanol–water partition coefficient (Wildman–Crippen LogP) is -0.518. The molecule has 1 aromatic heterocycles. The van der Waals surface area contributed by atoms with Crippen LogP contribution in [0.1, 0.15) is 16.2 Å². The van der Waals surface area contributed by atoms with Gasteiger partial charge in [0.1, 0.15) is 6.04 Å². The summed E-state index contributed by atoms with van der Waals surface area (Å²) in [7, 11) is 0. The van der Waals surface area contributed by atoms with Gasteiger partial charge in [-0.3, -0.25) is 4.79 Å². The molecule has 0 aromatic carbocycles. The Labute approximate surface area is 97.4 Å². The van der Waals surface area contributed by atoms with Crippen molar-refractivity contribution < 1.29 is 19.1 Å². The monoisotopic (exact) mass is 239 g/mol. The summed E-state index contributed by atoms with van der Waals surface area (Å²) in [4.78, 5) is 28.3. The number of oxazole rings is 1. The Balaban J connectivity index is 2.23. The fourth-order valence-electron chi connectivity index (χ4n) is 1.81. The molecule has 7 heteroatoms. The molecule has 0 aliphatic carbocycles. The van der Waals surface area contributed by atoms with E-state index in [2.05, 4.69) is 10.3 Å². The van der Waals surface area contributed by atoms with Crippen molar-refractivity contribution in [1.29, 1.82) is 0 Å². The molecule has 92 valence electrons. The van der Waals surface area contributed by atoms with Crippen LogP contribution in [-0.2, 0) is 4.79 Å². The minimum Gasteiger partial charge on any atom is -0.480 e. The Bertz CT molecular complexity index is 443. The van der Waals surface area contributed by atoms with E-state index in [1.165, 1.54) is 11.3 Å². The molecule has 2 heterocycles. The average Bonchev–Trinajstić information content (AvgIpc) is 2.74. The first-order chi connectivity index (χ1) is 8.11. The largest absolute Gasteiger partial charge is 0.480 e. The maximum absolute atomic E-state index is 12.1. The van der Waals surface area contributed by atoms with Crippen LogP contribution in [0.5, 0.6) is 0 Å². The van der Waals surface area contributed by atoms with Crippen molar-refractivity contribution in [2.24, 2.45) is 0 Å². The third-order valence-electron chi connectivity index (χ3n) is 2.73. The van der Waals surface area contributed by atoms with Crippen molar-refractivity contribution in [3.05, 3.63) is 17.8 Å². The van der Waals surface area contributed by atoms with Gasteiger partial charge in [-0.1, -0.05) is 0 Å². The van der Waals surface area contributed by atoms with Crippen LogP contribution in [0, 0.1) is 6.92 Å². The molecule has 17 heavy (non-hydrogen) atoms. The number of carboxylic acid groups (broad SMARTS) is 1. The molecule has 0 spiro atoms. The van der Waals surface area contributed by atoms with E-state index in [4.69, 9.17) is 9.52 Å². The lowest BCUT2D eigenvalue weighted by Gasteiger charge is -2.32. The number of carbonyl (C=O) groups excluding carboxylic acids is 1. The van der Waals surface area contributed by atoms with E-state index in [0.717, 1.165) is 0 Å². The van der Waals surface area contributed by atoms with Gasteiger partial charge in [-0.2, -0.15) is 0 Å². The molecule has 0 radical (unpaired) electrons. The van der Waals surface area contributed by atoms with Crippen LogP contribution in [0.3, 0.4) is 0 Å². The summed E-state index contributed by atoms with van der Waals surface area (Å²) in [5.74, 6) is -1.34. The van der Waals surface area contributed by atoms with Gasteiger partial charge in [-0.15, -0.1) is 0 Å². The van der Waals surface area contributed by atoms with E-state index in [9.17, 15) is 9.59 Å². The van der Waals surface area contributed by atoms with E-state index in [-0.39, 0.29) is 12.3 Å². The molecule has 1 unspecified atom stereocenters. The summed E-state index contributed by atoms with van der Waals surface area (Å²) in [5, 5.41) is 12.0. The first kappa shape index (κ1) is 11.6. The highest BCUT2D eigenvalue weighted by molar-refractivity contribution is 5.95. The molecule has 1 aliphatic heterocycles. The number of rotatable bonds is 2. The van der Waals surface area contributed by atoms with Crippen LogP contribution < -0.4 is 5.32 Å². The molecule has 7 nitrogen and oxygen atoms in total. The van der Waals surface area contributed by atoms with Crippen LogP contribution in [0.2, 0.25) is 0 Å². The van der Waals surface area contributed by atoms with Gasteiger partial charge in [0.2, 0.25) is 5.76 Å². The number of carboxylic acids is 1. The molecule has 0 saturated carbocycles. The average molecular weight is 239 g/mol. The topological polar surface area (TPSA) is 95.7 Å².